The smallest absolute Gasteiger partial charge is 0.335 e. The molecule has 0 saturated carbocycles. The lowest BCUT2D eigenvalue weighted by Crippen LogP contribution is -2.27. The average molecular weight is 309 g/mol. The molecule has 120 valence electrons. The molecule has 1 aliphatic heterocycles. The van der Waals surface area contributed by atoms with Gasteiger partial charge >= 0.3 is 5.97 Å². The molecule has 0 radical (unpaired) electrons. The number of nitrogens with zero attached hydrogens (tertiary/aromatic N) is 1. The zero-order chi connectivity index (χ0) is 15.9. The van der Waals surface area contributed by atoms with Crippen LogP contribution >= 0.6 is 0 Å². The van der Waals surface area contributed by atoms with E-state index in [0.29, 0.717) is 12.2 Å². The van der Waals surface area contributed by atoms with Gasteiger partial charge in [0.2, 0.25) is 0 Å². The van der Waals surface area contributed by atoms with Crippen LogP contribution in [0.3, 0.4) is 0 Å². The van der Waals surface area contributed by atoms with E-state index in [2.05, 4.69) is 0 Å². The molecule has 1 aliphatic rings. The van der Waals surface area contributed by atoms with Gasteiger partial charge in [-0.15, -0.1) is 0 Å². The van der Waals surface area contributed by atoms with Crippen molar-refractivity contribution in [3.05, 3.63) is 39.9 Å². The molecule has 22 heavy (non-hydrogen) atoms. The minimum absolute atomic E-state index is 0.0197. The summed E-state index contributed by atoms with van der Waals surface area (Å²) in [6.07, 6.45) is 1.31. The van der Waals surface area contributed by atoms with Crippen molar-refractivity contribution in [1.82, 2.24) is 0 Å². The van der Waals surface area contributed by atoms with E-state index in [1.807, 2.05) is 0 Å². The Morgan fingerprint density at radius 1 is 1.55 bits per heavy atom. The fraction of sp³-hybridized carbons (Fsp3) is 0.533. The Balaban J connectivity index is 1.76. The molecule has 1 aromatic carbocycles. The van der Waals surface area contributed by atoms with E-state index in [4.69, 9.17) is 14.2 Å². The molecule has 2 rings (SSSR count). The van der Waals surface area contributed by atoms with Crippen molar-refractivity contribution >= 4 is 11.7 Å². The van der Waals surface area contributed by atoms with Crippen LogP contribution in [0.2, 0.25) is 0 Å². The van der Waals surface area contributed by atoms with Crippen LogP contribution < -0.4 is 0 Å². The molecular weight excluding hydrogens is 290 g/mol. The second-order valence-corrected chi connectivity index (χ2v) is 5.15. The summed E-state index contributed by atoms with van der Waals surface area (Å²) in [7, 11) is 0. The zero-order valence-electron chi connectivity index (χ0n) is 12.4. The van der Waals surface area contributed by atoms with Crippen molar-refractivity contribution in [3.63, 3.8) is 0 Å². The summed E-state index contributed by atoms with van der Waals surface area (Å²) in [5.74, 6) is -0.496. The Morgan fingerprint density at radius 3 is 3.05 bits per heavy atom. The highest BCUT2D eigenvalue weighted by atomic mass is 16.6. The van der Waals surface area contributed by atoms with Crippen LogP contribution in [0.15, 0.2) is 24.3 Å². The van der Waals surface area contributed by atoms with Gasteiger partial charge in [0.1, 0.15) is 6.61 Å². The predicted octanol–water partition coefficient (Wildman–Crippen LogP) is 2.22. The standard InChI is InChI=1S/C15H19NO6/c1-11(21-10-14-6-3-7-20-14)15(17)22-9-12-4-2-5-13(8-12)16(18)19/h2,4-5,8,11,14H,3,6-7,9-10H2,1H3. The number of carbonyl (C=O) groups excluding carboxylic acids is 1. The van der Waals surface area contributed by atoms with Crippen molar-refractivity contribution in [3.8, 4) is 0 Å². The van der Waals surface area contributed by atoms with Gasteiger partial charge in [0.15, 0.2) is 6.10 Å². The number of hydrogen-bond acceptors (Lipinski definition) is 6. The molecule has 1 heterocycles. The van der Waals surface area contributed by atoms with Gasteiger partial charge in [0.05, 0.1) is 17.6 Å². The second-order valence-electron chi connectivity index (χ2n) is 5.15. The lowest BCUT2D eigenvalue weighted by Gasteiger charge is -2.15. The third-order valence-corrected chi connectivity index (χ3v) is 3.39. The van der Waals surface area contributed by atoms with Gasteiger partial charge in [-0.25, -0.2) is 4.79 Å². The zero-order valence-corrected chi connectivity index (χ0v) is 12.4. The Morgan fingerprint density at radius 2 is 2.36 bits per heavy atom. The number of nitro benzene ring substituents is 1. The first-order valence-corrected chi connectivity index (χ1v) is 7.19. The summed E-state index contributed by atoms with van der Waals surface area (Å²) in [4.78, 5) is 22.0. The number of hydrogen-bond donors (Lipinski definition) is 0. The molecule has 0 amide bonds. The van der Waals surface area contributed by atoms with E-state index in [9.17, 15) is 14.9 Å². The number of nitro groups is 1. The molecular formula is C15H19NO6. The molecule has 0 spiro atoms. The molecule has 1 aromatic rings. The Labute approximate surface area is 128 Å². The molecule has 2 unspecified atom stereocenters. The fourth-order valence-corrected chi connectivity index (χ4v) is 2.13. The van der Waals surface area contributed by atoms with E-state index in [0.717, 1.165) is 19.4 Å². The first kappa shape index (κ1) is 16.4. The van der Waals surface area contributed by atoms with Gasteiger partial charge in [0, 0.05) is 18.7 Å². The molecule has 0 bridgehead atoms. The number of benzene rings is 1. The maximum Gasteiger partial charge on any atom is 0.335 e. The molecule has 1 saturated heterocycles. The minimum atomic E-state index is -0.692. The first-order valence-electron chi connectivity index (χ1n) is 7.19. The van der Waals surface area contributed by atoms with E-state index in [1.165, 1.54) is 12.1 Å². The number of non-ortho nitro benzene ring substituents is 1. The highest BCUT2D eigenvalue weighted by molar-refractivity contribution is 5.74. The second kappa shape index (κ2) is 7.86. The quantitative estimate of drug-likeness (QED) is 0.436. The van der Waals surface area contributed by atoms with E-state index in [1.54, 1.807) is 19.1 Å². The Kier molecular flexibility index (Phi) is 5.85. The van der Waals surface area contributed by atoms with Crippen molar-refractivity contribution in [1.29, 1.82) is 0 Å². The minimum Gasteiger partial charge on any atom is -0.459 e. The first-order chi connectivity index (χ1) is 10.6. The van der Waals surface area contributed by atoms with Gasteiger partial charge in [0.25, 0.3) is 5.69 Å². The molecule has 0 aliphatic carbocycles. The van der Waals surface area contributed by atoms with Gasteiger partial charge in [-0.05, 0) is 25.3 Å². The van der Waals surface area contributed by atoms with E-state index < -0.39 is 17.0 Å². The lowest BCUT2D eigenvalue weighted by molar-refractivity contribution is -0.384. The number of rotatable bonds is 7. The van der Waals surface area contributed by atoms with Gasteiger partial charge in [-0.2, -0.15) is 0 Å². The molecule has 7 nitrogen and oxygen atoms in total. The third kappa shape index (κ3) is 4.78. The molecule has 0 aromatic heterocycles. The maximum absolute atomic E-state index is 11.8. The van der Waals surface area contributed by atoms with Crippen LogP contribution in [-0.4, -0.2) is 36.3 Å². The van der Waals surface area contributed by atoms with E-state index >= 15 is 0 Å². The van der Waals surface area contributed by atoms with Crippen LogP contribution in [0.4, 0.5) is 5.69 Å². The molecule has 2 atom stereocenters. The highest BCUT2D eigenvalue weighted by Gasteiger charge is 2.20. The molecule has 1 fully saturated rings. The van der Waals surface area contributed by atoms with Crippen molar-refractivity contribution in [2.24, 2.45) is 0 Å². The summed E-state index contributed by atoms with van der Waals surface area (Å²) in [6.45, 7) is 2.70. The van der Waals surface area contributed by atoms with Crippen LogP contribution in [-0.2, 0) is 25.6 Å². The Hall–Kier alpha value is -1.99. The maximum atomic E-state index is 11.8. The van der Waals surface area contributed by atoms with Crippen LogP contribution in [0.5, 0.6) is 0 Å². The topological polar surface area (TPSA) is 87.9 Å². The van der Waals surface area contributed by atoms with Crippen LogP contribution in [0.1, 0.15) is 25.3 Å². The molecule has 0 N–H and O–H groups in total. The summed E-state index contributed by atoms with van der Waals surface area (Å²) < 4.78 is 15.9. The summed E-state index contributed by atoms with van der Waals surface area (Å²) in [5.41, 5.74) is 0.533. The normalized spacial score (nSPS) is 18.9. The summed E-state index contributed by atoms with van der Waals surface area (Å²) >= 11 is 0. The number of ether oxygens (including phenoxy) is 3. The molecule has 7 heteroatoms. The van der Waals surface area contributed by atoms with Crippen molar-refractivity contribution in [2.75, 3.05) is 13.2 Å². The van der Waals surface area contributed by atoms with Crippen molar-refractivity contribution < 1.29 is 23.9 Å². The van der Waals surface area contributed by atoms with E-state index in [-0.39, 0.29) is 18.4 Å². The highest BCUT2D eigenvalue weighted by Crippen LogP contribution is 2.15. The van der Waals surface area contributed by atoms with Gasteiger partial charge in [-0.1, -0.05) is 12.1 Å². The Bertz CT molecular complexity index is 527. The third-order valence-electron chi connectivity index (χ3n) is 3.39. The monoisotopic (exact) mass is 309 g/mol. The summed E-state index contributed by atoms with van der Waals surface area (Å²) in [5, 5.41) is 10.7. The van der Waals surface area contributed by atoms with Crippen molar-refractivity contribution in [2.45, 2.75) is 38.6 Å². The van der Waals surface area contributed by atoms with Gasteiger partial charge < -0.3 is 14.2 Å². The fourth-order valence-electron chi connectivity index (χ4n) is 2.13. The lowest BCUT2D eigenvalue weighted by atomic mass is 10.2. The SMILES string of the molecule is CC(OCC1CCCO1)C(=O)OCc1cccc([N+](=O)[O-])c1. The number of esters is 1. The van der Waals surface area contributed by atoms with Crippen LogP contribution in [0.25, 0.3) is 0 Å². The van der Waals surface area contributed by atoms with Crippen LogP contribution in [0, 0.1) is 10.1 Å². The average Bonchev–Trinajstić information content (AvgIpc) is 3.04. The largest absolute Gasteiger partial charge is 0.459 e. The number of carbonyl (C=O) groups is 1. The van der Waals surface area contributed by atoms with Gasteiger partial charge in [-0.3, -0.25) is 10.1 Å². The summed E-state index contributed by atoms with van der Waals surface area (Å²) in [6, 6.07) is 5.99. The predicted molar refractivity (Wildman–Crippen MR) is 77.3 cm³/mol.